The highest BCUT2D eigenvalue weighted by molar-refractivity contribution is 5.55. The Balaban J connectivity index is 2.94. The second-order valence-electron chi connectivity index (χ2n) is 1.27. The fraction of sp³-hybridized carbons (Fsp3) is 0.500. The predicted octanol–water partition coefficient (Wildman–Crippen LogP) is 1.81. The molecule has 1 radical (unpaired) electrons. The Kier molecular flexibility index (Phi) is 5.60. The lowest BCUT2D eigenvalue weighted by Crippen LogP contribution is -1.72. The van der Waals surface area contributed by atoms with Gasteiger partial charge in [-0.15, -0.1) is 0 Å². The fourth-order valence-electron chi connectivity index (χ4n) is 0.232. The number of unbranched alkanes of at least 4 members (excludes halogenated alkanes) is 1. The predicted molar refractivity (Wildman–Crippen MR) is 33.6 cm³/mol. The van der Waals surface area contributed by atoms with Crippen molar-refractivity contribution in [3.8, 4) is 0 Å². The van der Waals surface area contributed by atoms with Gasteiger partial charge in [0.05, 0.1) is 0 Å². The van der Waals surface area contributed by atoms with Crippen molar-refractivity contribution >= 4 is 6.21 Å². The molecule has 0 saturated heterocycles. The zero-order chi connectivity index (χ0) is 6.24. The van der Waals surface area contributed by atoms with Crippen molar-refractivity contribution in [2.45, 2.75) is 19.8 Å². The molecule has 0 fully saturated rings. The average molecular weight is 112 g/mol. The first kappa shape index (κ1) is 7.21. The summed E-state index contributed by atoms with van der Waals surface area (Å²) in [6.45, 7) is 5.35. The minimum Gasteiger partial charge on any atom is -0.365 e. The summed E-state index contributed by atoms with van der Waals surface area (Å²) in [4.78, 5) is 4.41. The van der Waals surface area contributed by atoms with Gasteiger partial charge in [-0.2, -0.15) is 0 Å². The first-order valence-electron chi connectivity index (χ1n) is 2.61. The third-order valence-electron chi connectivity index (χ3n) is 0.554. The third-order valence-corrected chi connectivity index (χ3v) is 0.554. The molecule has 0 aromatic rings. The van der Waals surface area contributed by atoms with E-state index in [1.165, 1.54) is 6.26 Å². The van der Waals surface area contributed by atoms with Crippen LogP contribution in [0.3, 0.4) is 0 Å². The molecule has 0 atom stereocenters. The minimum atomic E-state index is 0.841. The van der Waals surface area contributed by atoms with Crippen LogP contribution in [0, 0.1) is 0 Å². The summed E-state index contributed by atoms with van der Waals surface area (Å²) in [7, 11) is 0. The van der Waals surface area contributed by atoms with E-state index < -0.39 is 0 Å². The van der Waals surface area contributed by atoms with Crippen LogP contribution in [0.15, 0.2) is 18.0 Å². The molecule has 0 amide bonds. The van der Waals surface area contributed by atoms with E-state index in [1.54, 1.807) is 0 Å². The second-order valence-corrected chi connectivity index (χ2v) is 1.27. The summed E-state index contributed by atoms with van der Waals surface area (Å²) in [6, 6.07) is 0. The van der Waals surface area contributed by atoms with Gasteiger partial charge in [-0.1, -0.05) is 25.1 Å². The summed E-state index contributed by atoms with van der Waals surface area (Å²) in [5.41, 5.74) is 0. The van der Waals surface area contributed by atoms with Gasteiger partial charge in [0.1, 0.15) is 12.5 Å². The molecule has 8 heavy (non-hydrogen) atoms. The Morgan fingerprint density at radius 3 is 3.12 bits per heavy atom. The molecule has 0 aliphatic carbocycles. The summed E-state index contributed by atoms with van der Waals surface area (Å²) in [5.74, 6) is 0. The molecule has 0 aromatic heterocycles. The highest BCUT2D eigenvalue weighted by Gasteiger charge is 1.72. The molecular weight excluding hydrogens is 102 g/mol. The first-order chi connectivity index (χ1) is 3.91. The van der Waals surface area contributed by atoms with Gasteiger partial charge in [-0.3, -0.25) is 0 Å². The molecule has 45 valence electrons. The van der Waals surface area contributed by atoms with Crippen molar-refractivity contribution in [3.05, 3.63) is 12.8 Å². The zero-order valence-electron chi connectivity index (χ0n) is 5.05. The lowest BCUT2D eigenvalue weighted by molar-refractivity contribution is 0.271. The highest BCUT2D eigenvalue weighted by atomic mass is 16.6. The Labute approximate surface area is 49.8 Å². The lowest BCUT2D eigenvalue weighted by atomic mass is 10.4. The Morgan fingerprint density at radius 1 is 1.88 bits per heavy atom. The van der Waals surface area contributed by atoms with Gasteiger partial charge >= 0.3 is 0 Å². The molecule has 0 rings (SSSR count). The minimum absolute atomic E-state index is 0.841. The van der Waals surface area contributed by atoms with Crippen LogP contribution in [0.25, 0.3) is 0 Å². The second kappa shape index (κ2) is 6.21. The molecule has 0 bridgehead atoms. The van der Waals surface area contributed by atoms with Crippen LogP contribution in [0.5, 0.6) is 0 Å². The van der Waals surface area contributed by atoms with Crippen LogP contribution in [0.1, 0.15) is 19.8 Å². The molecule has 0 heterocycles. The van der Waals surface area contributed by atoms with Crippen molar-refractivity contribution in [1.29, 1.82) is 0 Å². The molecule has 2 heteroatoms. The average Bonchev–Trinajstić information content (AvgIpc) is 1.81. The smallest absolute Gasteiger partial charge is 0.114 e. The first-order valence-corrected chi connectivity index (χ1v) is 2.61. The molecule has 0 saturated carbocycles. The molecule has 0 aliphatic rings. The Hall–Kier alpha value is -0.790. The van der Waals surface area contributed by atoms with E-state index in [-0.39, 0.29) is 0 Å². The number of nitrogens with zero attached hydrogens (tertiary/aromatic N) is 1. The monoisotopic (exact) mass is 112 g/mol. The normalized spacial score (nSPS) is 9.62. The van der Waals surface area contributed by atoms with E-state index in [0.717, 1.165) is 12.8 Å². The lowest BCUT2D eigenvalue weighted by Gasteiger charge is -1.82. The largest absolute Gasteiger partial charge is 0.365 e. The van der Waals surface area contributed by atoms with Crippen molar-refractivity contribution in [2.24, 2.45) is 5.16 Å². The molecule has 0 aliphatic heterocycles. The molecule has 0 N–H and O–H groups in total. The Bertz CT molecular complexity index is 78.6. The Morgan fingerprint density at radius 2 is 2.62 bits per heavy atom. The van der Waals surface area contributed by atoms with E-state index in [4.69, 9.17) is 0 Å². The van der Waals surface area contributed by atoms with Gasteiger partial charge in [0, 0.05) is 0 Å². The van der Waals surface area contributed by atoms with Gasteiger partial charge in [0.15, 0.2) is 0 Å². The van der Waals surface area contributed by atoms with E-state index >= 15 is 0 Å². The maximum atomic E-state index is 4.41. The van der Waals surface area contributed by atoms with Crippen LogP contribution in [-0.4, -0.2) is 6.21 Å². The topological polar surface area (TPSA) is 21.6 Å². The molecule has 0 unspecified atom stereocenters. The maximum Gasteiger partial charge on any atom is 0.114 e. The van der Waals surface area contributed by atoms with Gasteiger partial charge in [-0.25, -0.2) is 0 Å². The van der Waals surface area contributed by atoms with Crippen molar-refractivity contribution in [1.82, 2.24) is 0 Å². The summed E-state index contributed by atoms with van der Waals surface area (Å²) < 4.78 is 0. The number of hydrogen-bond acceptors (Lipinski definition) is 2. The van der Waals surface area contributed by atoms with Gasteiger partial charge < -0.3 is 4.84 Å². The van der Waals surface area contributed by atoms with Crippen LogP contribution >= 0.6 is 0 Å². The third kappa shape index (κ3) is 5.21. The van der Waals surface area contributed by atoms with Gasteiger partial charge in [0.25, 0.3) is 0 Å². The van der Waals surface area contributed by atoms with Crippen molar-refractivity contribution in [3.63, 3.8) is 0 Å². The summed E-state index contributed by atoms with van der Waals surface area (Å²) >= 11 is 0. The van der Waals surface area contributed by atoms with E-state index in [1.807, 2.05) is 0 Å². The molecule has 2 nitrogen and oxygen atoms in total. The van der Waals surface area contributed by atoms with Crippen LogP contribution < -0.4 is 0 Å². The van der Waals surface area contributed by atoms with E-state index in [0.29, 0.717) is 0 Å². The summed E-state index contributed by atoms with van der Waals surface area (Å²) in [6.07, 6.45) is 5.82. The zero-order valence-corrected chi connectivity index (χ0v) is 5.05. The molecular formula is C6H10NO. The van der Waals surface area contributed by atoms with E-state index in [9.17, 15) is 0 Å². The maximum absolute atomic E-state index is 4.41. The standard InChI is InChI=1S/C6H10NO/c1-3-5-6-7-8-4-2/h4H,2-3,5H2,1H3. The number of rotatable bonds is 4. The molecule has 0 aromatic carbocycles. The fourth-order valence-corrected chi connectivity index (χ4v) is 0.232. The van der Waals surface area contributed by atoms with Crippen molar-refractivity contribution < 1.29 is 4.84 Å². The SMILES string of the molecule is C=CON=[C]CCC. The quantitative estimate of drug-likeness (QED) is 0.309. The summed E-state index contributed by atoms with van der Waals surface area (Å²) in [5, 5.41) is 3.41. The van der Waals surface area contributed by atoms with Crippen LogP contribution in [-0.2, 0) is 4.84 Å². The van der Waals surface area contributed by atoms with Gasteiger partial charge in [-0.05, 0) is 6.42 Å². The van der Waals surface area contributed by atoms with Crippen LogP contribution in [0.2, 0.25) is 0 Å². The van der Waals surface area contributed by atoms with E-state index in [2.05, 4.69) is 29.7 Å². The van der Waals surface area contributed by atoms with Gasteiger partial charge in [0.2, 0.25) is 0 Å². The molecule has 0 spiro atoms. The highest BCUT2D eigenvalue weighted by Crippen LogP contribution is 1.81. The number of hydrogen-bond donors (Lipinski definition) is 0. The van der Waals surface area contributed by atoms with Crippen molar-refractivity contribution in [2.75, 3.05) is 0 Å². The van der Waals surface area contributed by atoms with Crippen LogP contribution in [0.4, 0.5) is 0 Å².